The molecule has 2 aromatic carbocycles. The maximum atomic E-state index is 14.3. The van der Waals surface area contributed by atoms with Gasteiger partial charge in [-0.2, -0.15) is 8.78 Å². The van der Waals surface area contributed by atoms with Crippen molar-refractivity contribution in [3.05, 3.63) is 53.8 Å². The van der Waals surface area contributed by atoms with Crippen LogP contribution >= 0.6 is 0 Å². The van der Waals surface area contributed by atoms with Crippen LogP contribution in [-0.2, 0) is 14.6 Å². The van der Waals surface area contributed by atoms with Gasteiger partial charge in [-0.3, -0.25) is 9.59 Å². The van der Waals surface area contributed by atoms with Gasteiger partial charge >= 0.3 is 6.61 Å². The van der Waals surface area contributed by atoms with E-state index in [0.29, 0.717) is 25.9 Å². The Morgan fingerprint density at radius 1 is 1.05 bits per heavy atom. The van der Waals surface area contributed by atoms with Crippen molar-refractivity contribution in [2.45, 2.75) is 56.7 Å². The highest BCUT2D eigenvalue weighted by molar-refractivity contribution is 7.90. The third-order valence-corrected chi connectivity index (χ3v) is 7.66. The molecule has 0 saturated carbocycles. The number of hydrogen-bond donors (Lipinski definition) is 2. The van der Waals surface area contributed by atoms with E-state index in [1.807, 2.05) is 6.92 Å². The molecule has 0 radical (unpaired) electrons. The Balaban J connectivity index is 1.65. The normalized spacial score (nSPS) is 16.3. The molecule has 38 heavy (non-hydrogen) atoms. The molecule has 1 aliphatic rings. The lowest BCUT2D eigenvalue weighted by Crippen LogP contribution is -2.56. The van der Waals surface area contributed by atoms with Crippen molar-refractivity contribution >= 4 is 27.3 Å². The van der Waals surface area contributed by atoms with Crippen molar-refractivity contribution in [2.24, 2.45) is 5.92 Å². The van der Waals surface area contributed by atoms with Gasteiger partial charge in [0, 0.05) is 30.6 Å². The monoisotopic (exact) mass is 555 g/mol. The van der Waals surface area contributed by atoms with Crippen molar-refractivity contribution in [2.75, 3.05) is 24.7 Å². The third kappa shape index (κ3) is 7.40. The fourth-order valence-electron chi connectivity index (χ4n) is 4.26. The number of nitrogens with zero attached hydrogens (tertiary/aromatic N) is 1. The van der Waals surface area contributed by atoms with Gasteiger partial charge in [0.05, 0.1) is 10.5 Å². The third-order valence-electron chi connectivity index (χ3n) is 6.53. The summed E-state index contributed by atoms with van der Waals surface area (Å²) < 4.78 is 66.9. The summed E-state index contributed by atoms with van der Waals surface area (Å²) >= 11 is 0. The van der Waals surface area contributed by atoms with E-state index in [1.165, 1.54) is 12.1 Å². The summed E-state index contributed by atoms with van der Waals surface area (Å²) in [5, 5.41) is 5.97. The van der Waals surface area contributed by atoms with Crippen molar-refractivity contribution in [1.29, 1.82) is 0 Å². The second-order valence-electron chi connectivity index (χ2n) is 10.0. The minimum atomic E-state index is -3.29. The number of nitrogens with one attached hydrogen (secondary N) is 2. The zero-order chi connectivity index (χ0) is 28.3. The first kappa shape index (κ1) is 29.3. The van der Waals surface area contributed by atoms with Gasteiger partial charge < -0.3 is 20.3 Å². The number of piperidine rings is 1. The molecule has 0 aliphatic carbocycles. The van der Waals surface area contributed by atoms with Gasteiger partial charge in [0.2, 0.25) is 5.91 Å². The maximum absolute atomic E-state index is 14.3. The van der Waals surface area contributed by atoms with Gasteiger partial charge in [0.1, 0.15) is 17.6 Å². The summed E-state index contributed by atoms with van der Waals surface area (Å²) in [7, 11) is -3.29. The molecule has 2 amide bonds. The van der Waals surface area contributed by atoms with Crippen LogP contribution in [0.1, 0.15) is 44.0 Å². The molecule has 12 heteroatoms. The number of amides is 2. The van der Waals surface area contributed by atoms with Crippen LogP contribution in [0.25, 0.3) is 0 Å². The number of likely N-dealkylation sites (tertiary alicyclic amines) is 1. The molecule has 0 spiro atoms. The van der Waals surface area contributed by atoms with E-state index in [4.69, 9.17) is 0 Å². The van der Waals surface area contributed by atoms with Crippen LogP contribution in [0.3, 0.4) is 0 Å². The van der Waals surface area contributed by atoms with Gasteiger partial charge in [-0.15, -0.1) is 0 Å². The van der Waals surface area contributed by atoms with Crippen LogP contribution in [0.5, 0.6) is 5.75 Å². The average Bonchev–Trinajstić information content (AvgIpc) is 2.82. The number of rotatable bonds is 9. The SMILES string of the molecule is CC(C)[C@@H](NC(=O)c1cc(OC(F)F)ccc1F)C(=O)N1CCC(C)(Nc2ccc(S(C)(=O)=O)cc2)CC1. The molecular weight excluding hydrogens is 523 g/mol. The molecule has 1 saturated heterocycles. The Hall–Kier alpha value is -3.28. The van der Waals surface area contributed by atoms with Crippen LogP contribution in [0.2, 0.25) is 0 Å². The molecule has 2 aromatic rings. The number of alkyl halides is 2. The lowest BCUT2D eigenvalue weighted by molar-refractivity contribution is -0.135. The Kier molecular flexibility index (Phi) is 8.96. The minimum Gasteiger partial charge on any atom is -0.435 e. The molecule has 0 aromatic heterocycles. The van der Waals surface area contributed by atoms with Crippen molar-refractivity contribution in [3.8, 4) is 5.75 Å². The first-order chi connectivity index (χ1) is 17.7. The molecule has 0 unspecified atom stereocenters. The molecule has 0 bridgehead atoms. The second kappa shape index (κ2) is 11.6. The van der Waals surface area contributed by atoms with Gasteiger partial charge in [0.15, 0.2) is 9.84 Å². The van der Waals surface area contributed by atoms with E-state index in [-0.39, 0.29) is 28.0 Å². The smallest absolute Gasteiger partial charge is 0.387 e. The molecule has 1 heterocycles. The number of hydrogen-bond acceptors (Lipinski definition) is 6. The van der Waals surface area contributed by atoms with Crippen LogP contribution in [0.15, 0.2) is 47.4 Å². The predicted molar refractivity (Wildman–Crippen MR) is 137 cm³/mol. The zero-order valence-corrected chi connectivity index (χ0v) is 22.4. The predicted octanol–water partition coefficient (Wildman–Crippen LogP) is 4.08. The minimum absolute atomic E-state index is 0.226. The Bertz CT molecular complexity index is 1260. The number of carbonyl (C=O) groups excluding carboxylic acids is 2. The van der Waals surface area contributed by atoms with E-state index in [1.54, 1.807) is 30.9 Å². The van der Waals surface area contributed by atoms with E-state index >= 15 is 0 Å². The number of carbonyl (C=O) groups is 2. The molecule has 208 valence electrons. The molecular formula is C26H32F3N3O5S. The maximum Gasteiger partial charge on any atom is 0.387 e. The molecule has 2 N–H and O–H groups in total. The number of benzene rings is 2. The van der Waals surface area contributed by atoms with E-state index in [0.717, 1.165) is 30.1 Å². The molecule has 8 nitrogen and oxygen atoms in total. The van der Waals surface area contributed by atoms with E-state index in [2.05, 4.69) is 15.4 Å². The van der Waals surface area contributed by atoms with Gasteiger partial charge in [-0.1, -0.05) is 13.8 Å². The van der Waals surface area contributed by atoms with E-state index in [9.17, 15) is 31.2 Å². The summed E-state index contributed by atoms with van der Waals surface area (Å²) in [4.78, 5) is 28.0. The summed E-state index contributed by atoms with van der Waals surface area (Å²) in [6, 6.07) is 8.23. The Morgan fingerprint density at radius 3 is 2.18 bits per heavy atom. The number of ether oxygens (including phenoxy) is 1. The van der Waals surface area contributed by atoms with Crippen LogP contribution < -0.4 is 15.4 Å². The Labute approximate surface area is 220 Å². The first-order valence-electron chi connectivity index (χ1n) is 12.1. The fraction of sp³-hybridized carbons (Fsp3) is 0.462. The Morgan fingerprint density at radius 2 is 1.66 bits per heavy atom. The van der Waals surface area contributed by atoms with Crippen molar-refractivity contribution in [3.63, 3.8) is 0 Å². The average molecular weight is 556 g/mol. The van der Waals surface area contributed by atoms with Gasteiger partial charge in [-0.05, 0) is 68.1 Å². The van der Waals surface area contributed by atoms with Gasteiger partial charge in [0.25, 0.3) is 5.91 Å². The highest BCUT2D eigenvalue weighted by Gasteiger charge is 2.36. The second-order valence-corrected chi connectivity index (χ2v) is 12.0. The largest absolute Gasteiger partial charge is 0.435 e. The van der Waals surface area contributed by atoms with Crippen molar-refractivity contribution < 1.29 is 35.9 Å². The molecule has 1 aliphatic heterocycles. The number of halogens is 3. The lowest BCUT2D eigenvalue weighted by atomic mass is 9.88. The fourth-order valence-corrected chi connectivity index (χ4v) is 4.89. The standard InChI is InChI=1S/C26H32F3N3O5S/c1-16(2)22(30-23(33)20-15-18(37-25(28)29)7-10-21(20)27)24(34)32-13-11-26(3,12-14-32)31-17-5-8-19(9-6-17)38(4,35)36/h5-10,15-16,22,25,31H,11-14H2,1-4H3,(H,30,33)/t22-/m1/s1. The van der Waals surface area contributed by atoms with Crippen LogP contribution in [0.4, 0.5) is 18.9 Å². The van der Waals surface area contributed by atoms with Crippen molar-refractivity contribution in [1.82, 2.24) is 10.2 Å². The quantitative estimate of drug-likeness (QED) is 0.483. The van der Waals surface area contributed by atoms with Crippen LogP contribution in [0, 0.1) is 11.7 Å². The summed E-state index contributed by atoms with van der Waals surface area (Å²) in [5.74, 6) is -2.85. The van der Waals surface area contributed by atoms with Crippen LogP contribution in [-0.4, -0.2) is 62.7 Å². The first-order valence-corrected chi connectivity index (χ1v) is 14.0. The van der Waals surface area contributed by atoms with E-state index < -0.39 is 39.8 Å². The molecule has 1 atom stereocenters. The van der Waals surface area contributed by atoms with Gasteiger partial charge in [-0.25, -0.2) is 12.8 Å². The topological polar surface area (TPSA) is 105 Å². The highest BCUT2D eigenvalue weighted by atomic mass is 32.2. The number of sulfone groups is 1. The number of anilines is 1. The lowest BCUT2D eigenvalue weighted by Gasteiger charge is -2.42. The summed E-state index contributed by atoms with van der Waals surface area (Å²) in [6.07, 6.45) is 2.33. The molecule has 3 rings (SSSR count). The highest BCUT2D eigenvalue weighted by Crippen LogP contribution is 2.28. The zero-order valence-electron chi connectivity index (χ0n) is 21.6. The summed E-state index contributed by atoms with van der Waals surface area (Å²) in [5.41, 5.74) is -0.0974. The molecule has 1 fully saturated rings. The summed E-state index contributed by atoms with van der Waals surface area (Å²) in [6.45, 7) is 3.16.